The smallest absolute Gasteiger partial charge is 0.338 e. The summed E-state index contributed by atoms with van der Waals surface area (Å²) in [5.41, 5.74) is 1.43. The molecule has 152 valence electrons. The molecule has 3 rings (SSSR count). The number of rotatable bonds is 6. The number of anilines is 1. The van der Waals surface area contributed by atoms with Crippen LogP contribution in [0.2, 0.25) is 0 Å². The van der Waals surface area contributed by atoms with E-state index in [4.69, 9.17) is 9.47 Å². The van der Waals surface area contributed by atoms with Gasteiger partial charge in [-0.05, 0) is 44.0 Å². The molecule has 0 aliphatic carbocycles. The summed E-state index contributed by atoms with van der Waals surface area (Å²) in [5.74, 6) is -0.246. The number of ether oxygens (including phenoxy) is 2. The second kappa shape index (κ2) is 8.30. The van der Waals surface area contributed by atoms with Gasteiger partial charge in [0.05, 0.1) is 28.8 Å². The van der Waals surface area contributed by atoms with Crippen LogP contribution in [0.1, 0.15) is 43.1 Å². The molecule has 29 heavy (non-hydrogen) atoms. The van der Waals surface area contributed by atoms with Crippen molar-refractivity contribution in [2.75, 3.05) is 4.90 Å². The van der Waals surface area contributed by atoms with E-state index in [0.29, 0.717) is 23.4 Å². The van der Waals surface area contributed by atoms with Crippen molar-refractivity contribution in [2.24, 2.45) is 0 Å². The summed E-state index contributed by atoms with van der Waals surface area (Å²) < 4.78 is 10.9. The van der Waals surface area contributed by atoms with Crippen LogP contribution in [0.5, 0.6) is 5.75 Å². The summed E-state index contributed by atoms with van der Waals surface area (Å²) >= 11 is 0. The number of carbonyl (C=O) groups excluding carboxylic acids is 2. The zero-order valence-corrected chi connectivity index (χ0v) is 16.5. The lowest BCUT2D eigenvalue weighted by Gasteiger charge is -2.34. The molecule has 0 spiro atoms. The average Bonchev–Trinajstić information content (AvgIpc) is 2.69. The van der Waals surface area contributed by atoms with Gasteiger partial charge in [-0.1, -0.05) is 19.1 Å². The fraction of sp³-hybridized carbons (Fsp3) is 0.333. The van der Waals surface area contributed by atoms with Crippen molar-refractivity contribution in [2.45, 2.75) is 45.9 Å². The molecule has 0 fully saturated rings. The summed E-state index contributed by atoms with van der Waals surface area (Å²) in [6.45, 7) is 5.59. The monoisotopic (exact) mass is 398 g/mol. The molecule has 2 aromatic rings. The van der Waals surface area contributed by atoms with E-state index < -0.39 is 17.0 Å². The van der Waals surface area contributed by atoms with Gasteiger partial charge in [0.25, 0.3) is 11.6 Å². The number of fused-ring (bicyclic) bond motifs is 1. The molecular weight excluding hydrogens is 376 g/mol. The van der Waals surface area contributed by atoms with E-state index in [1.807, 2.05) is 6.92 Å². The maximum absolute atomic E-state index is 12.9. The van der Waals surface area contributed by atoms with Gasteiger partial charge in [-0.15, -0.1) is 0 Å². The van der Waals surface area contributed by atoms with Crippen molar-refractivity contribution in [3.05, 3.63) is 63.7 Å². The summed E-state index contributed by atoms with van der Waals surface area (Å²) in [4.78, 5) is 37.0. The van der Waals surface area contributed by atoms with Crippen molar-refractivity contribution in [3.63, 3.8) is 0 Å². The van der Waals surface area contributed by atoms with Crippen LogP contribution in [0, 0.1) is 10.1 Å². The summed E-state index contributed by atoms with van der Waals surface area (Å²) in [5, 5.41) is 11.1. The largest absolute Gasteiger partial charge is 0.478 e. The standard InChI is InChI=1S/C21H22N2O6/c1-4-18-20(24)22(17-11-16(23(26)27)9-10-19(17)29-18)12-14-5-7-15(8-6-14)21(25)28-13(2)3/h5-11,13,18H,4,12H2,1-3H3. The Hall–Kier alpha value is -3.42. The quantitative estimate of drug-likeness (QED) is 0.416. The van der Waals surface area contributed by atoms with Crippen LogP contribution in [0.15, 0.2) is 42.5 Å². The van der Waals surface area contributed by atoms with Gasteiger partial charge in [0.2, 0.25) is 0 Å². The number of esters is 1. The first kappa shape index (κ1) is 20.3. The van der Waals surface area contributed by atoms with Crippen molar-refractivity contribution in [1.82, 2.24) is 0 Å². The number of benzene rings is 2. The lowest BCUT2D eigenvalue weighted by atomic mass is 10.1. The van der Waals surface area contributed by atoms with E-state index in [9.17, 15) is 19.7 Å². The highest BCUT2D eigenvalue weighted by Gasteiger charge is 2.34. The lowest BCUT2D eigenvalue weighted by molar-refractivity contribution is -0.384. The second-order valence-electron chi connectivity index (χ2n) is 7.00. The zero-order chi connectivity index (χ0) is 21.1. The number of non-ortho nitro benzene ring substituents is 1. The topological polar surface area (TPSA) is 99.0 Å². The highest BCUT2D eigenvalue weighted by molar-refractivity contribution is 6.00. The van der Waals surface area contributed by atoms with Gasteiger partial charge in [-0.25, -0.2) is 4.79 Å². The Morgan fingerprint density at radius 2 is 1.93 bits per heavy atom. The Bertz CT molecular complexity index is 939. The number of hydrogen-bond acceptors (Lipinski definition) is 6. The third-order valence-corrected chi connectivity index (χ3v) is 4.50. The molecule has 8 heteroatoms. The molecule has 1 aliphatic rings. The van der Waals surface area contributed by atoms with E-state index in [-0.39, 0.29) is 24.2 Å². The van der Waals surface area contributed by atoms with Gasteiger partial charge in [-0.3, -0.25) is 14.9 Å². The minimum absolute atomic E-state index is 0.119. The first-order valence-corrected chi connectivity index (χ1v) is 9.36. The SMILES string of the molecule is CCC1Oc2ccc([N+](=O)[O-])cc2N(Cc2ccc(C(=O)OC(C)C)cc2)C1=O. The highest BCUT2D eigenvalue weighted by atomic mass is 16.6. The van der Waals surface area contributed by atoms with E-state index in [2.05, 4.69) is 0 Å². The molecular formula is C21H22N2O6. The Balaban J connectivity index is 1.89. The molecule has 1 heterocycles. The van der Waals surface area contributed by atoms with Crippen LogP contribution in [0.4, 0.5) is 11.4 Å². The number of nitrogens with zero attached hydrogens (tertiary/aromatic N) is 2. The molecule has 0 bridgehead atoms. The predicted octanol–water partition coefficient (Wildman–Crippen LogP) is 3.86. The number of amides is 1. The lowest BCUT2D eigenvalue weighted by Crippen LogP contribution is -2.45. The molecule has 1 unspecified atom stereocenters. The molecule has 0 aromatic heterocycles. The minimum atomic E-state index is -0.649. The summed E-state index contributed by atoms with van der Waals surface area (Å²) in [6.07, 6.45) is -0.387. The van der Waals surface area contributed by atoms with Crippen molar-refractivity contribution in [1.29, 1.82) is 0 Å². The fourth-order valence-electron chi connectivity index (χ4n) is 3.06. The first-order chi connectivity index (χ1) is 13.8. The summed E-state index contributed by atoms with van der Waals surface area (Å²) in [7, 11) is 0. The van der Waals surface area contributed by atoms with Gasteiger partial charge in [0.1, 0.15) is 5.75 Å². The van der Waals surface area contributed by atoms with Crippen LogP contribution in [0.3, 0.4) is 0 Å². The van der Waals surface area contributed by atoms with E-state index in [1.165, 1.54) is 23.1 Å². The van der Waals surface area contributed by atoms with Crippen molar-refractivity contribution in [3.8, 4) is 5.75 Å². The number of hydrogen-bond donors (Lipinski definition) is 0. The van der Waals surface area contributed by atoms with Crippen molar-refractivity contribution < 1.29 is 24.0 Å². The number of carbonyl (C=O) groups is 2. The van der Waals surface area contributed by atoms with E-state index >= 15 is 0 Å². The highest BCUT2D eigenvalue weighted by Crippen LogP contribution is 2.38. The molecule has 1 amide bonds. The van der Waals surface area contributed by atoms with Gasteiger partial charge >= 0.3 is 5.97 Å². The third-order valence-electron chi connectivity index (χ3n) is 4.50. The molecule has 1 atom stereocenters. The Kier molecular flexibility index (Phi) is 5.81. The molecule has 1 aliphatic heterocycles. The second-order valence-corrected chi connectivity index (χ2v) is 7.00. The van der Waals surface area contributed by atoms with Gasteiger partial charge in [0.15, 0.2) is 6.10 Å². The van der Waals surface area contributed by atoms with Crippen LogP contribution in [0.25, 0.3) is 0 Å². The van der Waals surface area contributed by atoms with E-state index in [0.717, 1.165) is 5.56 Å². The molecule has 0 saturated heterocycles. The predicted molar refractivity (Wildman–Crippen MR) is 106 cm³/mol. The maximum atomic E-state index is 12.9. The minimum Gasteiger partial charge on any atom is -0.478 e. The molecule has 2 aromatic carbocycles. The first-order valence-electron chi connectivity index (χ1n) is 9.36. The third kappa shape index (κ3) is 4.37. The number of nitro benzene ring substituents is 1. The van der Waals surface area contributed by atoms with Gasteiger partial charge in [0, 0.05) is 12.1 Å². The Morgan fingerprint density at radius 3 is 2.52 bits per heavy atom. The maximum Gasteiger partial charge on any atom is 0.338 e. The van der Waals surface area contributed by atoms with Crippen LogP contribution in [-0.2, 0) is 16.1 Å². The Labute approximate surface area is 168 Å². The van der Waals surface area contributed by atoms with E-state index in [1.54, 1.807) is 38.1 Å². The molecule has 0 saturated carbocycles. The van der Waals surface area contributed by atoms with Gasteiger partial charge in [-0.2, -0.15) is 0 Å². The zero-order valence-electron chi connectivity index (χ0n) is 16.5. The Morgan fingerprint density at radius 1 is 1.24 bits per heavy atom. The average molecular weight is 398 g/mol. The molecule has 8 nitrogen and oxygen atoms in total. The summed E-state index contributed by atoms with van der Waals surface area (Å²) in [6, 6.07) is 10.9. The van der Waals surface area contributed by atoms with Crippen LogP contribution >= 0.6 is 0 Å². The normalized spacial score (nSPS) is 15.7. The molecule has 0 N–H and O–H groups in total. The fourth-order valence-corrected chi connectivity index (χ4v) is 3.06. The van der Waals surface area contributed by atoms with Crippen molar-refractivity contribution >= 4 is 23.3 Å². The molecule has 0 radical (unpaired) electrons. The van der Waals surface area contributed by atoms with Crippen LogP contribution < -0.4 is 9.64 Å². The van der Waals surface area contributed by atoms with Gasteiger partial charge < -0.3 is 14.4 Å². The number of nitro groups is 1. The van der Waals surface area contributed by atoms with Crippen LogP contribution in [-0.4, -0.2) is 29.0 Å².